The number of hydrogen-bond acceptors (Lipinski definition) is 1. The number of aromatic hydroxyl groups is 1. The van der Waals surface area contributed by atoms with E-state index in [-0.39, 0.29) is 5.75 Å². The van der Waals surface area contributed by atoms with Crippen molar-refractivity contribution in [2.75, 3.05) is 0 Å². The van der Waals surface area contributed by atoms with Gasteiger partial charge in [0.25, 0.3) is 0 Å². The smallest absolute Gasteiger partial charge is 0.116 e. The van der Waals surface area contributed by atoms with Crippen LogP contribution in [0.4, 0.5) is 4.39 Å². The summed E-state index contributed by atoms with van der Waals surface area (Å²) < 4.78 is 12.6. The molecule has 10 heavy (non-hydrogen) atoms. The highest BCUT2D eigenvalue weighted by molar-refractivity contribution is 9.10. The fourth-order valence-corrected chi connectivity index (χ4v) is 1.12. The van der Waals surface area contributed by atoms with Crippen molar-refractivity contribution in [3.8, 4) is 5.75 Å². The maximum atomic E-state index is 12.0. The first-order chi connectivity index (χ1) is 4.74. The van der Waals surface area contributed by atoms with Gasteiger partial charge in [-0.15, -0.1) is 0 Å². The third-order valence-electron chi connectivity index (χ3n) is 1.18. The van der Waals surface area contributed by atoms with Gasteiger partial charge in [-0.1, -0.05) is 22.0 Å². The predicted molar refractivity (Wildman–Crippen MR) is 40.6 cm³/mol. The molecule has 0 saturated heterocycles. The minimum absolute atomic E-state index is 0.143. The molecule has 3 heteroatoms. The Balaban J connectivity index is 3.07. The van der Waals surface area contributed by atoms with Crippen LogP contribution in [0.5, 0.6) is 5.75 Å². The van der Waals surface area contributed by atoms with E-state index in [1.54, 1.807) is 6.07 Å². The second kappa shape index (κ2) is 3.01. The summed E-state index contributed by atoms with van der Waals surface area (Å²) in [6, 6.07) is 4.47. The van der Waals surface area contributed by atoms with Crippen LogP contribution in [-0.2, 0) is 6.67 Å². The molecule has 0 aromatic heterocycles. The number of rotatable bonds is 1. The highest BCUT2D eigenvalue weighted by Gasteiger charge is 1.98. The van der Waals surface area contributed by atoms with Crippen LogP contribution in [0.3, 0.4) is 0 Å². The lowest BCUT2D eigenvalue weighted by molar-refractivity contribution is 0.468. The van der Waals surface area contributed by atoms with Crippen LogP contribution in [0.1, 0.15) is 5.56 Å². The van der Waals surface area contributed by atoms with E-state index < -0.39 is 6.67 Å². The van der Waals surface area contributed by atoms with Crippen molar-refractivity contribution in [3.63, 3.8) is 0 Å². The van der Waals surface area contributed by atoms with Crippen molar-refractivity contribution in [2.45, 2.75) is 6.67 Å². The number of phenolic OH excluding ortho intramolecular Hbond substituents is 1. The van der Waals surface area contributed by atoms with Crippen molar-refractivity contribution < 1.29 is 9.50 Å². The first-order valence-corrected chi connectivity index (χ1v) is 3.56. The summed E-state index contributed by atoms with van der Waals surface area (Å²) in [6.45, 7) is -0.513. The summed E-state index contributed by atoms with van der Waals surface area (Å²) >= 11 is 3.11. The first kappa shape index (κ1) is 7.54. The molecule has 0 heterocycles. The lowest BCUT2D eigenvalue weighted by Gasteiger charge is -1.97. The number of phenols is 1. The zero-order valence-electron chi connectivity index (χ0n) is 5.14. The van der Waals surface area contributed by atoms with Crippen molar-refractivity contribution >= 4 is 15.9 Å². The molecule has 1 aromatic carbocycles. The van der Waals surface area contributed by atoms with E-state index in [4.69, 9.17) is 5.11 Å². The van der Waals surface area contributed by atoms with E-state index in [9.17, 15) is 4.39 Å². The molecular formula is C7H6BrFO. The second-order valence-electron chi connectivity index (χ2n) is 1.91. The summed E-state index contributed by atoms with van der Waals surface area (Å²) in [5, 5.41) is 8.88. The van der Waals surface area contributed by atoms with E-state index in [1.807, 2.05) is 0 Å². The summed E-state index contributed by atoms with van der Waals surface area (Å²) in [6.07, 6.45) is 0. The SMILES string of the molecule is Oc1ccc(CF)c(Br)c1. The Morgan fingerprint density at radius 1 is 1.50 bits per heavy atom. The Labute approximate surface area is 66.6 Å². The molecule has 0 aliphatic carbocycles. The third kappa shape index (κ3) is 1.48. The van der Waals surface area contributed by atoms with Gasteiger partial charge < -0.3 is 5.11 Å². The Kier molecular flexibility index (Phi) is 2.27. The second-order valence-corrected chi connectivity index (χ2v) is 2.76. The van der Waals surface area contributed by atoms with Gasteiger partial charge >= 0.3 is 0 Å². The van der Waals surface area contributed by atoms with Crippen LogP contribution < -0.4 is 0 Å². The van der Waals surface area contributed by atoms with Gasteiger partial charge in [-0.25, -0.2) is 4.39 Å². The van der Waals surface area contributed by atoms with E-state index in [2.05, 4.69) is 15.9 Å². The molecule has 1 N–H and O–H groups in total. The molecule has 0 saturated carbocycles. The first-order valence-electron chi connectivity index (χ1n) is 2.77. The average Bonchev–Trinajstić information content (AvgIpc) is 1.88. The molecule has 54 valence electrons. The van der Waals surface area contributed by atoms with Gasteiger partial charge in [0.15, 0.2) is 0 Å². The molecule has 1 nitrogen and oxygen atoms in total. The molecule has 0 bridgehead atoms. The average molecular weight is 205 g/mol. The maximum Gasteiger partial charge on any atom is 0.116 e. The Morgan fingerprint density at radius 2 is 2.20 bits per heavy atom. The number of benzene rings is 1. The van der Waals surface area contributed by atoms with Gasteiger partial charge in [-0.2, -0.15) is 0 Å². The van der Waals surface area contributed by atoms with Gasteiger partial charge in [-0.3, -0.25) is 0 Å². The van der Waals surface area contributed by atoms with Crippen LogP contribution >= 0.6 is 15.9 Å². The summed E-state index contributed by atoms with van der Waals surface area (Å²) in [5.74, 6) is 0.143. The molecule has 0 spiro atoms. The number of hydrogen-bond donors (Lipinski definition) is 1. The van der Waals surface area contributed by atoms with E-state index in [1.165, 1.54) is 12.1 Å². The van der Waals surface area contributed by atoms with Gasteiger partial charge in [-0.05, 0) is 17.7 Å². The molecule has 1 rings (SSSR count). The van der Waals surface area contributed by atoms with Crippen molar-refractivity contribution in [1.82, 2.24) is 0 Å². The monoisotopic (exact) mass is 204 g/mol. The Bertz CT molecular complexity index is 237. The quantitative estimate of drug-likeness (QED) is 0.746. The van der Waals surface area contributed by atoms with Crippen LogP contribution in [0.25, 0.3) is 0 Å². The third-order valence-corrected chi connectivity index (χ3v) is 1.92. The molecular weight excluding hydrogens is 199 g/mol. The summed E-state index contributed by atoms with van der Waals surface area (Å²) in [5.41, 5.74) is 0.554. The van der Waals surface area contributed by atoms with Gasteiger partial charge in [0.2, 0.25) is 0 Å². The maximum absolute atomic E-state index is 12.0. The van der Waals surface area contributed by atoms with Crippen molar-refractivity contribution in [2.24, 2.45) is 0 Å². The zero-order chi connectivity index (χ0) is 7.56. The van der Waals surface area contributed by atoms with Gasteiger partial charge in [0.05, 0.1) is 0 Å². The molecule has 0 unspecified atom stereocenters. The lowest BCUT2D eigenvalue weighted by atomic mass is 10.2. The number of halogens is 2. The summed E-state index contributed by atoms with van der Waals surface area (Å²) in [7, 11) is 0. The molecule has 0 amide bonds. The van der Waals surface area contributed by atoms with Crippen LogP contribution in [0.2, 0.25) is 0 Å². The largest absolute Gasteiger partial charge is 0.508 e. The van der Waals surface area contributed by atoms with Gasteiger partial charge in [0.1, 0.15) is 12.4 Å². The predicted octanol–water partition coefficient (Wildman–Crippen LogP) is 2.62. The van der Waals surface area contributed by atoms with Crippen LogP contribution in [-0.4, -0.2) is 5.11 Å². The van der Waals surface area contributed by atoms with Crippen LogP contribution in [0.15, 0.2) is 22.7 Å². The molecule has 0 radical (unpaired) electrons. The fourth-order valence-electron chi connectivity index (χ4n) is 0.645. The molecule has 0 aliphatic rings. The van der Waals surface area contributed by atoms with Gasteiger partial charge in [0, 0.05) is 4.47 Å². The number of alkyl halides is 1. The summed E-state index contributed by atoms with van der Waals surface area (Å²) in [4.78, 5) is 0. The molecule has 0 aliphatic heterocycles. The minimum Gasteiger partial charge on any atom is -0.508 e. The normalized spacial score (nSPS) is 9.80. The molecule has 0 atom stereocenters. The standard InChI is InChI=1S/C7H6BrFO/c8-7-3-6(10)2-1-5(7)4-9/h1-3,10H,4H2. The molecule has 1 aromatic rings. The highest BCUT2D eigenvalue weighted by Crippen LogP contribution is 2.22. The highest BCUT2D eigenvalue weighted by atomic mass is 79.9. The van der Waals surface area contributed by atoms with E-state index >= 15 is 0 Å². The Morgan fingerprint density at radius 3 is 2.70 bits per heavy atom. The topological polar surface area (TPSA) is 20.2 Å². The fraction of sp³-hybridized carbons (Fsp3) is 0.143. The minimum atomic E-state index is -0.513. The van der Waals surface area contributed by atoms with E-state index in [0.717, 1.165) is 0 Å². The van der Waals surface area contributed by atoms with E-state index in [0.29, 0.717) is 10.0 Å². The van der Waals surface area contributed by atoms with Crippen molar-refractivity contribution in [3.05, 3.63) is 28.2 Å². The van der Waals surface area contributed by atoms with Crippen molar-refractivity contribution in [1.29, 1.82) is 0 Å². The zero-order valence-corrected chi connectivity index (χ0v) is 6.73. The Hall–Kier alpha value is -0.570. The molecule has 0 fully saturated rings. The lowest BCUT2D eigenvalue weighted by Crippen LogP contribution is -1.78. The van der Waals surface area contributed by atoms with Crippen LogP contribution in [0, 0.1) is 0 Å².